The third-order valence-electron chi connectivity index (χ3n) is 4.90. The highest BCUT2D eigenvalue weighted by Crippen LogP contribution is 2.26. The molecule has 0 aliphatic heterocycles. The Labute approximate surface area is 188 Å². The number of benzene rings is 2. The Bertz CT molecular complexity index is 1360. The monoisotopic (exact) mass is 442 g/mol. The van der Waals surface area contributed by atoms with Crippen molar-refractivity contribution in [1.82, 2.24) is 0 Å². The first kappa shape index (κ1) is 21.5. The molecule has 4 rings (SSSR count). The van der Waals surface area contributed by atoms with E-state index in [2.05, 4.69) is 5.32 Å². The maximum atomic E-state index is 12.5. The Morgan fingerprint density at radius 1 is 1.03 bits per heavy atom. The summed E-state index contributed by atoms with van der Waals surface area (Å²) in [6, 6.07) is 17.6. The molecule has 0 atom stereocenters. The molecule has 0 aliphatic carbocycles. The molecule has 1 N–H and O–H groups in total. The number of rotatable bonds is 7. The van der Waals surface area contributed by atoms with E-state index in [4.69, 9.17) is 8.83 Å². The molecule has 0 saturated carbocycles. The van der Waals surface area contributed by atoms with Crippen LogP contribution in [-0.4, -0.2) is 16.6 Å². The summed E-state index contributed by atoms with van der Waals surface area (Å²) in [6.07, 6.45) is 4.35. The number of hydrogen-bond acceptors (Lipinski definition) is 6. The minimum Gasteiger partial charge on any atom is -0.469 e. The van der Waals surface area contributed by atoms with Gasteiger partial charge in [0.25, 0.3) is 11.6 Å². The molecule has 0 aliphatic rings. The molecule has 0 bridgehead atoms. The highest BCUT2D eigenvalue weighted by molar-refractivity contribution is 6.08. The summed E-state index contributed by atoms with van der Waals surface area (Å²) in [5.74, 6) is 0.878. The van der Waals surface area contributed by atoms with Gasteiger partial charge in [0.15, 0.2) is 5.78 Å². The Morgan fingerprint density at radius 2 is 1.82 bits per heavy atom. The standard InChI is InChI=1S/C25H18N2O6/c1-16-22(13-14-32-16)25(29)26-19-7-5-17(6-8-19)23(28)11-9-21-10-12-24(33-21)18-3-2-4-20(15-18)27(30)31/h2-15H,1H3,(H,26,29)/b11-9+. The number of ketones is 1. The molecule has 0 spiro atoms. The average Bonchev–Trinajstić information content (AvgIpc) is 3.47. The number of amides is 1. The summed E-state index contributed by atoms with van der Waals surface area (Å²) >= 11 is 0. The number of hydrogen-bond donors (Lipinski definition) is 1. The molecular weight excluding hydrogens is 424 g/mol. The van der Waals surface area contributed by atoms with Crippen LogP contribution in [0.4, 0.5) is 11.4 Å². The van der Waals surface area contributed by atoms with Crippen molar-refractivity contribution < 1.29 is 23.3 Å². The van der Waals surface area contributed by atoms with E-state index in [1.54, 1.807) is 61.5 Å². The zero-order valence-corrected chi connectivity index (χ0v) is 17.5. The first-order valence-corrected chi connectivity index (χ1v) is 9.93. The van der Waals surface area contributed by atoms with Gasteiger partial charge in [0.05, 0.1) is 16.7 Å². The SMILES string of the molecule is Cc1occc1C(=O)Nc1ccc(C(=O)/C=C/c2ccc(-c3cccc([N+](=O)[O-])c3)o2)cc1. The summed E-state index contributed by atoms with van der Waals surface area (Å²) in [5, 5.41) is 13.7. The maximum absolute atomic E-state index is 12.5. The second kappa shape index (κ2) is 9.19. The lowest BCUT2D eigenvalue weighted by molar-refractivity contribution is -0.384. The van der Waals surface area contributed by atoms with E-state index in [0.717, 1.165) is 0 Å². The second-order valence-corrected chi connectivity index (χ2v) is 7.13. The molecule has 164 valence electrons. The molecule has 0 fully saturated rings. The Hall–Kier alpha value is -4.72. The quantitative estimate of drug-likeness (QED) is 0.165. The van der Waals surface area contributed by atoms with Crippen LogP contribution in [0.25, 0.3) is 17.4 Å². The first-order valence-electron chi connectivity index (χ1n) is 9.93. The number of carbonyl (C=O) groups excluding carboxylic acids is 2. The van der Waals surface area contributed by atoms with Crippen LogP contribution < -0.4 is 5.32 Å². The summed E-state index contributed by atoms with van der Waals surface area (Å²) in [7, 11) is 0. The van der Waals surface area contributed by atoms with Crippen molar-refractivity contribution in [2.75, 3.05) is 5.32 Å². The minimum atomic E-state index is -0.471. The Morgan fingerprint density at radius 3 is 2.52 bits per heavy atom. The number of aryl methyl sites for hydroxylation is 1. The van der Waals surface area contributed by atoms with E-state index < -0.39 is 4.92 Å². The summed E-state index contributed by atoms with van der Waals surface area (Å²) < 4.78 is 10.8. The van der Waals surface area contributed by atoms with Crippen LogP contribution in [0.2, 0.25) is 0 Å². The molecule has 2 aromatic heterocycles. The molecule has 8 heteroatoms. The third-order valence-corrected chi connectivity index (χ3v) is 4.90. The molecule has 2 heterocycles. The van der Waals surface area contributed by atoms with Gasteiger partial charge in [0.2, 0.25) is 0 Å². The van der Waals surface area contributed by atoms with Gasteiger partial charge >= 0.3 is 0 Å². The van der Waals surface area contributed by atoms with Crippen molar-refractivity contribution in [3.63, 3.8) is 0 Å². The van der Waals surface area contributed by atoms with E-state index in [1.807, 2.05) is 0 Å². The Kier molecular flexibility index (Phi) is 5.99. The van der Waals surface area contributed by atoms with Gasteiger partial charge in [-0.2, -0.15) is 0 Å². The Balaban J connectivity index is 1.41. The van der Waals surface area contributed by atoms with Crippen molar-refractivity contribution in [1.29, 1.82) is 0 Å². The fourth-order valence-electron chi connectivity index (χ4n) is 3.16. The van der Waals surface area contributed by atoms with E-state index >= 15 is 0 Å². The lowest BCUT2D eigenvalue weighted by atomic mass is 10.1. The van der Waals surface area contributed by atoms with Crippen LogP contribution in [0.3, 0.4) is 0 Å². The summed E-state index contributed by atoms with van der Waals surface area (Å²) in [5.41, 5.74) is 1.97. The highest BCUT2D eigenvalue weighted by atomic mass is 16.6. The molecule has 0 unspecified atom stereocenters. The van der Waals surface area contributed by atoms with Crippen LogP contribution in [-0.2, 0) is 0 Å². The molecule has 0 radical (unpaired) electrons. The molecule has 2 aromatic carbocycles. The number of carbonyl (C=O) groups is 2. The maximum Gasteiger partial charge on any atom is 0.270 e. The fourth-order valence-corrected chi connectivity index (χ4v) is 3.16. The van der Waals surface area contributed by atoms with Crippen LogP contribution in [0.1, 0.15) is 32.2 Å². The normalized spacial score (nSPS) is 10.9. The van der Waals surface area contributed by atoms with Crippen molar-refractivity contribution in [2.24, 2.45) is 0 Å². The summed E-state index contributed by atoms with van der Waals surface area (Å²) in [4.78, 5) is 35.2. The predicted molar refractivity (Wildman–Crippen MR) is 122 cm³/mol. The van der Waals surface area contributed by atoms with Crippen molar-refractivity contribution in [3.05, 3.63) is 112 Å². The van der Waals surface area contributed by atoms with E-state index in [-0.39, 0.29) is 17.4 Å². The number of nitrogens with zero attached hydrogens (tertiary/aromatic N) is 1. The molecule has 1 amide bonds. The van der Waals surface area contributed by atoms with Gasteiger partial charge in [-0.3, -0.25) is 19.7 Å². The van der Waals surface area contributed by atoms with Crippen LogP contribution in [0.5, 0.6) is 0 Å². The van der Waals surface area contributed by atoms with Crippen molar-refractivity contribution >= 4 is 29.1 Å². The van der Waals surface area contributed by atoms with E-state index in [0.29, 0.717) is 39.7 Å². The number of furan rings is 2. The first-order chi connectivity index (χ1) is 15.9. The molecular formula is C25H18N2O6. The zero-order valence-electron chi connectivity index (χ0n) is 17.5. The molecule has 8 nitrogen and oxygen atoms in total. The van der Waals surface area contributed by atoms with Gasteiger partial charge < -0.3 is 14.2 Å². The van der Waals surface area contributed by atoms with Crippen LogP contribution >= 0.6 is 0 Å². The van der Waals surface area contributed by atoms with Gasteiger partial charge in [-0.25, -0.2) is 0 Å². The topological polar surface area (TPSA) is 116 Å². The number of allylic oxidation sites excluding steroid dienone is 1. The predicted octanol–water partition coefficient (Wildman–Crippen LogP) is 5.90. The lowest BCUT2D eigenvalue weighted by Gasteiger charge is -2.05. The number of non-ortho nitro benzene ring substituents is 1. The summed E-state index contributed by atoms with van der Waals surface area (Å²) in [6.45, 7) is 1.70. The van der Waals surface area contributed by atoms with Gasteiger partial charge in [-0.15, -0.1) is 0 Å². The van der Waals surface area contributed by atoms with Gasteiger partial charge in [-0.1, -0.05) is 12.1 Å². The number of anilines is 1. The number of nitrogens with one attached hydrogen (secondary N) is 1. The van der Waals surface area contributed by atoms with Crippen LogP contribution in [0, 0.1) is 17.0 Å². The van der Waals surface area contributed by atoms with E-state index in [9.17, 15) is 19.7 Å². The van der Waals surface area contributed by atoms with Gasteiger partial charge in [-0.05, 0) is 61.5 Å². The second-order valence-electron chi connectivity index (χ2n) is 7.13. The molecule has 0 saturated heterocycles. The lowest BCUT2D eigenvalue weighted by Crippen LogP contribution is -2.12. The largest absolute Gasteiger partial charge is 0.469 e. The third kappa shape index (κ3) is 4.96. The number of nitro benzene ring substituents is 1. The smallest absolute Gasteiger partial charge is 0.270 e. The molecule has 4 aromatic rings. The molecule has 33 heavy (non-hydrogen) atoms. The number of nitro groups is 1. The van der Waals surface area contributed by atoms with Crippen LogP contribution in [0.15, 0.2) is 87.9 Å². The zero-order chi connectivity index (χ0) is 23.4. The van der Waals surface area contributed by atoms with Gasteiger partial charge in [0.1, 0.15) is 17.3 Å². The van der Waals surface area contributed by atoms with E-state index in [1.165, 1.54) is 30.5 Å². The average molecular weight is 442 g/mol. The minimum absolute atomic E-state index is 0.0318. The van der Waals surface area contributed by atoms with Crippen molar-refractivity contribution in [3.8, 4) is 11.3 Å². The highest BCUT2D eigenvalue weighted by Gasteiger charge is 2.12. The van der Waals surface area contributed by atoms with Gasteiger partial charge in [0, 0.05) is 28.9 Å². The fraction of sp³-hybridized carbons (Fsp3) is 0.0400. The van der Waals surface area contributed by atoms with Crippen molar-refractivity contribution in [2.45, 2.75) is 6.92 Å².